The Kier molecular flexibility index (Phi) is 3.66. The lowest BCUT2D eigenvalue weighted by Gasteiger charge is -2.42. The summed E-state index contributed by atoms with van der Waals surface area (Å²) in [5.41, 5.74) is -0.624. The van der Waals surface area contributed by atoms with Crippen LogP contribution < -0.4 is 5.32 Å². The zero-order valence-electron chi connectivity index (χ0n) is 11.3. The van der Waals surface area contributed by atoms with Crippen molar-refractivity contribution >= 4 is 12.0 Å². The summed E-state index contributed by atoms with van der Waals surface area (Å²) in [6.45, 7) is 5.28. The SMILES string of the molecule is CC(C)(C)OC(=O)N1C[C@@H](F)[C@@H]2NC(=O)CO[C@@H]2C1. The second-order valence-electron chi connectivity index (χ2n) is 5.84. The number of hydrogen-bond donors (Lipinski definition) is 1. The molecule has 2 saturated heterocycles. The molecule has 0 spiro atoms. The average Bonchev–Trinajstić information content (AvgIpc) is 2.27. The largest absolute Gasteiger partial charge is 0.444 e. The lowest BCUT2D eigenvalue weighted by atomic mass is 9.99. The van der Waals surface area contributed by atoms with Crippen molar-refractivity contribution in [3.63, 3.8) is 0 Å². The number of carbonyl (C=O) groups excluding carboxylic acids is 2. The van der Waals surface area contributed by atoms with Crippen molar-refractivity contribution in [1.82, 2.24) is 10.2 Å². The van der Waals surface area contributed by atoms with Gasteiger partial charge in [0.1, 0.15) is 18.4 Å². The molecule has 1 N–H and O–H groups in total. The molecule has 2 aliphatic heterocycles. The predicted molar refractivity (Wildman–Crippen MR) is 64.4 cm³/mol. The molecule has 7 heteroatoms. The van der Waals surface area contributed by atoms with Gasteiger partial charge in [-0.1, -0.05) is 0 Å². The molecule has 0 aromatic heterocycles. The molecule has 2 heterocycles. The van der Waals surface area contributed by atoms with Crippen LogP contribution in [0.2, 0.25) is 0 Å². The molecule has 2 fully saturated rings. The third kappa shape index (κ3) is 3.34. The van der Waals surface area contributed by atoms with E-state index in [1.54, 1.807) is 20.8 Å². The average molecular weight is 274 g/mol. The van der Waals surface area contributed by atoms with Crippen molar-refractivity contribution in [2.45, 2.75) is 44.7 Å². The normalized spacial score (nSPS) is 31.5. The van der Waals surface area contributed by atoms with Crippen LogP contribution in [0.4, 0.5) is 9.18 Å². The fraction of sp³-hybridized carbons (Fsp3) is 0.833. The molecular formula is C12H19FN2O4. The number of amides is 2. The summed E-state index contributed by atoms with van der Waals surface area (Å²) < 4.78 is 24.5. The molecule has 2 amide bonds. The van der Waals surface area contributed by atoms with E-state index in [0.29, 0.717) is 0 Å². The molecule has 0 aromatic rings. The Morgan fingerprint density at radius 2 is 2.16 bits per heavy atom. The maximum Gasteiger partial charge on any atom is 0.410 e. The van der Waals surface area contributed by atoms with Gasteiger partial charge in [-0.3, -0.25) is 4.79 Å². The summed E-state index contributed by atoms with van der Waals surface area (Å²) in [4.78, 5) is 24.3. The van der Waals surface area contributed by atoms with E-state index in [9.17, 15) is 14.0 Å². The van der Waals surface area contributed by atoms with E-state index in [-0.39, 0.29) is 25.6 Å². The number of alkyl halides is 1. The lowest BCUT2D eigenvalue weighted by molar-refractivity contribution is -0.144. The standard InChI is InChI=1S/C12H19FN2O4/c1-12(2,3)19-11(17)15-4-7(13)10-8(5-15)18-6-9(16)14-10/h7-8,10H,4-6H2,1-3H3,(H,14,16)/t7-,8-,10+/m1/s1. The molecule has 0 aromatic carbocycles. The highest BCUT2D eigenvalue weighted by Crippen LogP contribution is 2.22. The zero-order chi connectivity index (χ0) is 14.2. The smallest absolute Gasteiger partial charge is 0.410 e. The molecule has 2 aliphatic rings. The Balaban J connectivity index is 2.00. The number of likely N-dealkylation sites (tertiary alicyclic amines) is 1. The summed E-state index contributed by atoms with van der Waals surface area (Å²) in [6.07, 6.45) is -2.43. The van der Waals surface area contributed by atoms with E-state index in [2.05, 4.69) is 5.32 Å². The topological polar surface area (TPSA) is 67.9 Å². The first kappa shape index (κ1) is 14.0. The number of piperidine rings is 1. The van der Waals surface area contributed by atoms with Crippen LogP contribution in [0.25, 0.3) is 0 Å². The van der Waals surface area contributed by atoms with Gasteiger partial charge in [0, 0.05) is 0 Å². The van der Waals surface area contributed by atoms with E-state index in [0.717, 1.165) is 0 Å². The first-order chi connectivity index (χ1) is 8.76. The fourth-order valence-electron chi connectivity index (χ4n) is 2.19. The highest BCUT2D eigenvalue weighted by atomic mass is 19.1. The minimum Gasteiger partial charge on any atom is -0.444 e. The Morgan fingerprint density at radius 3 is 2.79 bits per heavy atom. The summed E-state index contributed by atoms with van der Waals surface area (Å²) in [6, 6.07) is -0.681. The molecule has 108 valence electrons. The van der Waals surface area contributed by atoms with Gasteiger partial charge >= 0.3 is 6.09 Å². The zero-order valence-corrected chi connectivity index (χ0v) is 11.3. The van der Waals surface area contributed by atoms with Crippen molar-refractivity contribution in [3.05, 3.63) is 0 Å². The second-order valence-corrected chi connectivity index (χ2v) is 5.84. The number of nitrogens with zero attached hydrogens (tertiary/aromatic N) is 1. The number of hydrogen-bond acceptors (Lipinski definition) is 4. The molecule has 19 heavy (non-hydrogen) atoms. The Hall–Kier alpha value is -1.37. The number of nitrogens with one attached hydrogen (secondary N) is 1. The molecular weight excluding hydrogens is 255 g/mol. The molecule has 0 bridgehead atoms. The summed E-state index contributed by atoms with van der Waals surface area (Å²) in [5, 5.41) is 2.56. The van der Waals surface area contributed by atoms with Crippen LogP contribution in [0.15, 0.2) is 0 Å². The highest BCUT2D eigenvalue weighted by Gasteiger charge is 2.43. The van der Waals surface area contributed by atoms with Gasteiger partial charge in [0.2, 0.25) is 5.91 Å². The highest BCUT2D eigenvalue weighted by molar-refractivity contribution is 5.78. The minimum atomic E-state index is -1.35. The van der Waals surface area contributed by atoms with Crippen LogP contribution in [-0.4, -0.2) is 60.5 Å². The summed E-state index contributed by atoms with van der Waals surface area (Å²) >= 11 is 0. The third-order valence-electron chi connectivity index (χ3n) is 2.99. The van der Waals surface area contributed by atoms with Gasteiger partial charge < -0.3 is 19.7 Å². The van der Waals surface area contributed by atoms with Gasteiger partial charge in [-0.05, 0) is 20.8 Å². The van der Waals surface area contributed by atoms with Crippen molar-refractivity contribution in [2.24, 2.45) is 0 Å². The Labute approximate surface area is 111 Å². The van der Waals surface area contributed by atoms with Gasteiger partial charge in [-0.2, -0.15) is 0 Å². The van der Waals surface area contributed by atoms with Gasteiger partial charge in [0.15, 0.2) is 0 Å². The Bertz CT molecular complexity index is 382. The number of rotatable bonds is 0. The second kappa shape index (κ2) is 4.96. The van der Waals surface area contributed by atoms with Crippen LogP contribution in [-0.2, 0) is 14.3 Å². The molecule has 6 nitrogen and oxygen atoms in total. The first-order valence-electron chi connectivity index (χ1n) is 6.29. The molecule has 0 radical (unpaired) electrons. The van der Waals surface area contributed by atoms with Crippen LogP contribution in [0.5, 0.6) is 0 Å². The van der Waals surface area contributed by atoms with Crippen LogP contribution in [0.1, 0.15) is 20.8 Å². The first-order valence-corrected chi connectivity index (χ1v) is 6.29. The lowest BCUT2D eigenvalue weighted by Crippen LogP contribution is -2.65. The molecule has 3 atom stereocenters. The quantitative estimate of drug-likeness (QED) is 0.697. The van der Waals surface area contributed by atoms with E-state index in [1.807, 2.05) is 0 Å². The molecule has 0 aliphatic carbocycles. The van der Waals surface area contributed by atoms with Crippen LogP contribution >= 0.6 is 0 Å². The molecule has 0 saturated carbocycles. The van der Waals surface area contributed by atoms with Crippen molar-refractivity contribution in [1.29, 1.82) is 0 Å². The maximum absolute atomic E-state index is 14.0. The number of carbonyl (C=O) groups is 2. The van der Waals surface area contributed by atoms with Gasteiger partial charge in [0.05, 0.1) is 25.2 Å². The van der Waals surface area contributed by atoms with Crippen molar-refractivity contribution < 1.29 is 23.5 Å². The fourth-order valence-corrected chi connectivity index (χ4v) is 2.19. The van der Waals surface area contributed by atoms with Gasteiger partial charge in [0.25, 0.3) is 0 Å². The van der Waals surface area contributed by atoms with Crippen molar-refractivity contribution in [2.75, 3.05) is 19.7 Å². The van der Waals surface area contributed by atoms with E-state index >= 15 is 0 Å². The molecule has 0 unspecified atom stereocenters. The number of ether oxygens (including phenoxy) is 2. The van der Waals surface area contributed by atoms with E-state index < -0.39 is 30.0 Å². The maximum atomic E-state index is 14.0. The van der Waals surface area contributed by atoms with Crippen LogP contribution in [0.3, 0.4) is 0 Å². The number of morpholine rings is 1. The Morgan fingerprint density at radius 1 is 1.47 bits per heavy atom. The monoisotopic (exact) mass is 274 g/mol. The number of fused-ring (bicyclic) bond motifs is 1. The predicted octanol–water partition coefficient (Wildman–Crippen LogP) is 0.459. The summed E-state index contributed by atoms with van der Waals surface area (Å²) in [7, 11) is 0. The van der Waals surface area contributed by atoms with Crippen LogP contribution in [0, 0.1) is 0 Å². The molecule has 2 rings (SSSR count). The van der Waals surface area contributed by atoms with Crippen molar-refractivity contribution in [3.8, 4) is 0 Å². The minimum absolute atomic E-state index is 0.0975. The van der Waals surface area contributed by atoms with Gasteiger partial charge in [-0.25, -0.2) is 9.18 Å². The van der Waals surface area contributed by atoms with E-state index in [4.69, 9.17) is 9.47 Å². The summed E-state index contributed by atoms with van der Waals surface area (Å²) in [5.74, 6) is -0.324. The van der Waals surface area contributed by atoms with E-state index in [1.165, 1.54) is 4.90 Å². The van der Waals surface area contributed by atoms with Gasteiger partial charge in [-0.15, -0.1) is 0 Å². The third-order valence-corrected chi connectivity index (χ3v) is 2.99. The number of halogens is 1.